The zero-order chi connectivity index (χ0) is 7.78. The molecule has 1 aromatic rings. The number of hydrogen-bond acceptors (Lipinski definition) is 1. The molecule has 1 rings (SSSR count). The van der Waals surface area contributed by atoms with Crippen molar-refractivity contribution in [3.05, 3.63) is 15.9 Å². The topological polar surface area (TPSA) is 0 Å². The Bertz CT molecular complexity index is 231. The SMILES string of the molecule is F[B-](F)(F)c1ccc(Br)s1. The third kappa shape index (κ3) is 1.76. The zero-order valence-corrected chi connectivity index (χ0v) is 7.05. The average molecular weight is 230 g/mol. The van der Waals surface area contributed by atoms with Crippen LogP contribution in [-0.4, -0.2) is 6.98 Å². The Morgan fingerprint density at radius 1 is 1.30 bits per heavy atom. The van der Waals surface area contributed by atoms with E-state index >= 15 is 0 Å². The summed E-state index contributed by atoms with van der Waals surface area (Å²) in [4.78, 5) is 0. The van der Waals surface area contributed by atoms with Crippen LogP contribution < -0.4 is 4.78 Å². The predicted octanol–water partition coefficient (Wildman–Crippen LogP) is 2.57. The smallest absolute Gasteiger partial charge is 0.444 e. The molecule has 0 unspecified atom stereocenters. The van der Waals surface area contributed by atoms with Crippen molar-refractivity contribution >= 4 is 39.0 Å². The third-order valence-corrected chi connectivity index (χ3v) is 2.64. The molecule has 0 aromatic carbocycles. The van der Waals surface area contributed by atoms with Gasteiger partial charge in [-0.1, -0.05) is 10.8 Å². The van der Waals surface area contributed by atoms with Crippen LogP contribution in [0.3, 0.4) is 0 Å². The zero-order valence-electron chi connectivity index (χ0n) is 4.65. The molecule has 0 bridgehead atoms. The quantitative estimate of drug-likeness (QED) is 0.650. The summed E-state index contributed by atoms with van der Waals surface area (Å²) in [6.45, 7) is -4.79. The standard InChI is InChI=1S/C4H2BBrF3S/c6-4-2-1-3(10-4)5(7,8)9/h1-2H/q-1. The first-order chi connectivity index (χ1) is 4.50. The minimum atomic E-state index is -4.79. The average Bonchev–Trinajstić information content (AvgIpc) is 2.11. The van der Waals surface area contributed by atoms with Gasteiger partial charge in [0.15, 0.2) is 0 Å². The highest BCUT2D eigenvalue weighted by Gasteiger charge is 2.26. The van der Waals surface area contributed by atoms with Crippen molar-refractivity contribution < 1.29 is 12.9 Å². The molecule has 0 N–H and O–H groups in total. The Balaban J connectivity index is 2.96. The summed E-state index contributed by atoms with van der Waals surface area (Å²) in [6, 6.07) is 2.48. The van der Waals surface area contributed by atoms with E-state index in [9.17, 15) is 12.9 Å². The lowest BCUT2D eigenvalue weighted by Gasteiger charge is -2.09. The van der Waals surface area contributed by atoms with Gasteiger partial charge in [0.05, 0.1) is 3.79 Å². The van der Waals surface area contributed by atoms with Crippen molar-refractivity contribution in [2.45, 2.75) is 0 Å². The second kappa shape index (κ2) is 2.58. The molecule has 0 amide bonds. The van der Waals surface area contributed by atoms with Crippen LogP contribution in [0.4, 0.5) is 12.9 Å². The van der Waals surface area contributed by atoms with Crippen LogP contribution in [0.15, 0.2) is 15.9 Å². The molecule has 0 aliphatic heterocycles. The number of halogens is 4. The molecule has 0 saturated carbocycles. The molecule has 6 heteroatoms. The molecule has 1 aromatic heterocycles. The molecule has 10 heavy (non-hydrogen) atoms. The van der Waals surface area contributed by atoms with E-state index < -0.39 is 11.8 Å². The van der Waals surface area contributed by atoms with E-state index in [4.69, 9.17) is 0 Å². The van der Waals surface area contributed by atoms with Gasteiger partial charge in [0, 0.05) is 0 Å². The number of thiophene rings is 1. The molecule has 0 aliphatic rings. The summed E-state index contributed by atoms with van der Waals surface area (Å²) in [5.41, 5.74) is 0. The van der Waals surface area contributed by atoms with E-state index in [-0.39, 0.29) is 0 Å². The Labute approximate surface area is 68.2 Å². The molecule has 0 atom stereocenters. The van der Waals surface area contributed by atoms with E-state index in [0.717, 1.165) is 6.07 Å². The van der Waals surface area contributed by atoms with Gasteiger partial charge in [-0.3, -0.25) is 0 Å². The van der Waals surface area contributed by atoms with Crippen molar-refractivity contribution in [1.29, 1.82) is 0 Å². The first-order valence-electron chi connectivity index (χ1n) is 2.45. The van der Waals surface area contributed by atoms with Crippen LogP contribution in [0.25, 0.3) is 0 Å². The van der Waals surface area contributed by atoms with Gasteiger partial charge in [-0.05, 0) is 22.0 Å². The maximum atomic E-state index is 11.9. The van der Waals surface area contributed by atoms with Gasteiger partial charge in [-0.25, -0.2) is 0 Å². The molecule has 56 valence electrons. The fourth-order valence-electron chi connectivity index (χ4n) is 0.504. The van der Waals surface area contributed by atoms with Crippen molar-refractivity contribution in [2.24, 2.45) is 0 Å². The van der Waals surface area contributed by atoms with Gasteiger partial charge in [0.2, 0.25) is 0 Å². The summed E-state index contributed by atoms with van der Waals surface area (Å²) in [5, 5.41) is 0. The van der Waals surface area contributed by atoms with Crippen molar-refractivity contribution in [2.75, 3.05) is 0 Å². The lowest BCUT2D eigenvalue weighted by Crippen LogP contribution is -2.30. The normalized spacial score (nSPS) is 12.0. The fraction of sp³-hybridized carbons (Fsp3) is 0. The van der Waals surface area contributed by atoms with Crippen LogP contribution in [0.1, 0.15) is 0 Å². The van der Waals surface area contributed by atoms with E-state index in [2.05, 4.69) is 15.9 Å². The molecule has 0 saturated heterocycles. The van der Waals surface area contributed by atoms with Gasteiger partial charge >= 0.3 is 6.98 Å². The lowest BCUT2D eigenvalue weighted by molar-refractivity contribution is 0.503. The van der Waals surface area contributed by atoms with Gasteiger partial charge in [-0.15, -0.1) is 0 Å². The summed E-state index contributed by atoms with van der Waals surface area (Å²) >= 11 is 3.67. The van der Waals surface area contributed by atoms with Crippen LogP contribution in [0.2, 0.25) is 0 Å². The molecule has 1 heterocycles. The Kier molecular flexibility index (Phi) is 2.10. The molecule has 0 nitrogen and oxygen atoms in total. The van der Waals surface area contributed by atoms with Gasteiger partial charge < -0.3 is 12.9 Å². The monoisotopic (exact) mass is 229 g/mol. The summed E-state index contributed by atoms with van der Waals surface area (Å²) in [6.07, 6.45) is 0. The van der Waals surface area contributed by atoms with Crippen LogP contribution in [0, 0.1) is 0 Å². The lowest BCUT2D eigenvalue weighted by atomic mass is 9.90. The highest BCUT2D eigenvalue weighted by molar-refractivity contribution is 9.11. The first-order valence-corrected chi connectivity index (χ1v) is 4.06. The molecule has 0 aliphatic carbocycles. The fourth-order valence-corrected chi connectivity index (χ4v) is 1.83. The highest BCUT2D eigenvalue weighted by atomic mass is 79.9. The predicted molar refractivity (Wildman–Crippen MR) is 40.7 cm³/mol. The second-order valence-corrected chi connectivity index (χ2v) is 4.21. The molecule has 0 fully saturated rings. The minimum Gasteiger partial charge on any atom is -0.444 e. The number of hydrogen-bond donors (Lipinski definition) is 0. The van der Waals surface area contributed by atoms with Gasteiger partial charge in [0.25, 0.3) is 0 Å². The van der Waals surface area contributed by atoms with E-state index in [0.29, 0.717) is 15.1 Å². The molecular formula is C4H2BBrF3S-. The van der Waals surface area contributed by atoms with Crippen molar-refractivity contribution in [3.8, 4) is 0 Å². The number of rotatable bonds is 1. The Morgan fingerprint density at radius 2 is 1.90 bits per heavy atom. The Hall–Kier alpha value is 0.0349. The summed E-state index contributed by atoms with van der Waals surface area (Å²) < 4.78 is 35.6. The Morgan fingerprint density at radius 3 is 2.10 bits per heavy atom. The van der Waals surface area contributed by atoms with Crippen LogP contribution in [-0.2, 0) is 0 Å². The van der Waals surface area contributed by atoms with Crippen molar-refractivity contribution in [1.82, 2.24) is 0 Å². The highest BCUT2D eigenvalue weighted by Crippen LogP contribution is 2.20. The molecule has 0 radical (unpaired) electrons. The molecule has 0 spiro atoms. The first kappa shape index (κ1) is 8.13. The van der Waals surface area contributed by atoms with E-state index in [1.54, 1.807) is 0 Å². The maximum Gasteiger partial charge on any atom is 0.519 e. The summed E-state index contributed by atoms with van der Waals surface area (Å²) in [5.74, 6) is 0. The van der Waals surface area contributed by atoms with E-state index in [1.165, 1.54) is 6.07 Å². The molecular weight excluding hydrogens is 228 g/mol. The van der Waals surface area contributed by atoms with E-state index in [1.807, 2.05) is 0 Å². The van der Waals surface area contributed by atoms with Crippen molar-refractivity contribution in [3.63, 3.8) is 0 Å². The summed E-state index contributed by atoms with van der Waals surface area (Å²) in [7, 11) is 0. The maximum absolute atomic E-state index is 11.9. The third-order valence-electron chi connectivity index (χ3n) is 0.917. The van der Waals surface area contributed by atoms with Gasteiger partial charge in [-0.2, -0.15) is 11.3 Å². The van der Waals surface area contributed by atoms with Crippen LogP contribution in [0.5, 0.6) is 0 Å². The van der Waals surface area contributed by atoms with Gasteiger partial charge in [0.1, 0.15) is 0 Å². The second-order valence-electron chi connectivity index (χ2n) is 1.72. The minimum absolute atomic E-state index is 0.508. The largest absolute Gasteiger partial charge is 0.519 e. The van der Waals surface area contributed by atoms with Crippen LogP contribution >= 0.6 is 27.3 Å².